The Balaban J connectivity index is 0.000000168. The fourth-order valence-corrected chi connectivity index (χ4v) is 18.0. The van der Waals surface area contributed by atoms with Crippen molar-refractivity contribution in [1.29, 1.82) is 0 Å². The van der Waals surface area contributed by atoms with E-state index in [9.17, 15) is 14.7 Å². The number of aliphatic hydroxyl groups is 1. The zero-order chi connectivity index (χ0) is 70.1. The summed E-state index contributed by atoms with van der Waals surface area (Å²) in [5.74, 6) is 11.0. The molecule has 2 N–H and O–H groups in total. The maximum atomic E-state index is 13.0. The second kappa shape index (κ2) is 36.9. The topological polar surface area (TPSA) is 162 Å². The Morgan fingerprint density at radius 3 is 1.33 bits per heavy atom. The maximum Gasteiger partial charge on any atom is 0.410 e. The third-order valence-corrected chi connectivity index (χ3v) is 23.3. The minimum absolute atomic E-state index is 0.119. The number of ether oxygens (including phenoxy) is 9. The van der Waals surface area contributed by atoms with Gasteiger partial charge in [0, 0.05) is 96.7 Å². The van der Waals surface area contributed by atoms with Crippen molar-refractivity contribution in [1.82, 2.24) is 24.9 Å². The van der Waals surface area contributed by atoms with Crippen LogP contribution in [0.15, 0.2) is 66.7 Å². The molecule has 8 heterocycles. The number of carbonyl (C=O) groups is 2. The van der Waals surface area contributed by atoms with E-state index in [1.165, 1.54) is 91.5 Å². The molecule has 1 amide bonds. The highest BCUT2D eigenvalue weighted by atomic mass is 16.6. The van der Waals surface area contributed by atoms with Crippen molar-refractivity contribution in [3.8, 4) is 34.5 Å². The molecule has 0 aliphatic carbocycles. The van der Waals surface area contributed by atoms with Gasteiger partial charge in [0.1, 0.15) is 6.61 Å². The average Bonchev–Trinajstić information content (AvgIpc) is 0.780. The fraction of sp³-hybridized carbons (Fsp3) is 0.683. The molecule has 0 bridgehead atoms. The van der Waals surface area contributed by atoms with Crippen LogP contribution < -0.4 is 33.7 Å². The highest BCUT2D eigenvalue weighted by Gasteiger charge is 2.43. The Bertz CT molecular complexity index is 3170. The number of rotatable bonds is 24. The molecule has 4 aromatic rings. The molecule has 99 heavy (non-hydrogen) atoms. The molecular weight excluding hydrogens is 1250 g/mol. The minimum atomic E-state index is -0.284. The first-order chi connectivity index (χ1) is 48.0. The van der Waals surface area contributed by atoms with Gasteiger partial charge < -0.3 is 58.0 Å². The van der Waals surface area contributed by atoms with Gasteiger partial charge in [0.05, 0.1) is 49.3 Å². The van der Waals surface area contributed by atoms with Crippen molar-refractivity contribution < 1.29 is 57.3 Å². The zero-order valence-corrected chi connectivity index (χ0v) is 62.4. The molecule has 0 saturated carbocycles. The van der Waals surface area contributed by atoms with Crippen LogP contribution in [-0.4, -0.2) is 171 Å². The van der Waals surface area contributed by atoms with Gasteiger partial charge in [0.2, 0.25) is 0 Å². The van der Waals surface area contributed by atoms with E-state index in [0.29, 0.717) is 92.3 Å². The van der Waals surface area contributed by atoms with Crippen LogP contribution in [0.2, 0.25) is 0 Å². The first-order valence-electron chi connectivity index (χ1n) is 38.0. The molecule has 0 spiro atoms. The summed E-state index contributed by atoms with van der Waals surface area (Å²) in [4.78, 5) is 35.3. The molecule has 17 nitrogen and oxygen atoms in total. The standard InChI is InChI=1S/C35H48N2O6.C27H44N2O3.C20H31NO3/c1-24(2)16-28-21-37-15-12-27-19-32(40-3)33(41-4)20-30(27)31(37)18-29(28)23-42-34(38)17-25-10-13-36(14-11-25)35(39)43-22-26-8-6-5-7-9-26;1-19(2)13-22-17-29-11-7-21-15-26(30-3)27(31-4)16-24(21)25(29)14-23(22)18-32-12-8-20-5-9-28-10-6-20;1-13(2)7-15-11-21-6-5-14-9-19(23-3)20(24-4)10-17(14)18(21)8-16(15)12-22/h5-9,19-20,24-25,28-29,31H,10-18,21-23H2,1-4H3;15-16,19-20,22-23,25,28H,5-14,17-18H2,1-4H3;9-10,13,15-16,18,22H,5-8,11-12H2,1-4H3/t28-,29+,31-;22-,23+,25-;15-,16+,18-/m111/s1. The summed E-state index contributed by atoms with van der Waals surface area (Å²) >= 11 is 0. The Labute approximate surface area is 593 Å². The first kappa shape index (κ1) is 75.8. The molecule has 8 aliphatic rings. The van der Waals surface area contributed by atoms with Crippen LogP contribution in [0.3, 0.4) is 0 Å². The summed E-state index contributed by atoms with van der Waals surface area (Å²) in [5, 5.41) is 13.4. The molecule has 0 unspecified atom stereocenters. The molecule has 5 fully saturated rings. The lowest BCUT2D eigenvalue weighted by Crippen LogP contribution is -2.47. The van der Waals surface area contributed by atoms with Gasteiger partial charge in [-0.05, 0) is 243 Å². The smallest absolute Gasteiger partial charge is 0.410 e. The highest BCUT2D eigenvalue weighted by molar-refractivity contribution is 5.70. The van der Waals surface area contributed by atoms with Gasteiger partial charge in [0.25, 0.3) is 0 Å². The van der Waals surface area contributed by atoms with Crippen molar-refractivity contribution in [2.75, 3.05) is 135 Å². The Hall–Kier alpha value is -5.82. The van der Waals surface area contributed by atoms with Crippen molar-refractivity contribution in [3.63, 3.8) is 0 Å². The summed E-state index contributed by atoms with van der Waals surface area (Å²) in [5.41, 5.74) is 9.22. The number of nitrogens with one attached hydrogen (secondary N) is 1. The molecule has 0 radical (unpaired) electrons. The number of hydrogen-bond acceptors (Lipinski definition) is 16. The Morgan fingerprint density at radius 1 is 0.495 bits per heavy atom. The number of methoxy groups -OCH3 is 6. The first-order valence-corrected chi connectivity index (χ1v) is 38.0. The van der Waals surface area contributed by atoms with Gasteiger partial charge in [-0.1, -0.05) is 71.9 Å². The number of piperidine rings is 5. The summed E-state index contributed by atoms with van der Waals surface area (Å²) in [6.07, 6.45) is 15.5. The number of esters is 1. The molecule has 548 valence electrons. The van der Waals surface area contributed by atoms with E-state index in [-0.39, 0.29) is 24.6 Å². The Kier molecular flexibility index (Phi) is 28.2. The fourth-order valence-electron chi connectivity index (χ4n) is 18.0. The van der Waals surface area contributed by atoms with Crippen LogP contribution in [0.25, 0.3) is 0 Å². The molecule has 17 heteroatoms. The van der Waals surface area contributed by atoms with E-state index in [4.69, 9.17) is 42.6 Å². The Morgan fingerprint density at radius 2 is 0.909 bits per heavy atom. The van der Waals surface area contributed by atoms with Crippen LogP contribution in [0.4, 0.5) is 4.79 Å². The van der Waals surface area contributed by atoms with Crippen molar-refractivity contribution in [2.24, 2.45) is 65.1 Å². The molecule has 12 rings (SSSR count). The van der Waals surface area contributed by atoms with Gasteiger partial charge in [-0.25, -0.2) is 4.79 Å². The lowest BCUT2D eigenvalue weighted by atomic mass is 9.74. The van der Waals surface area contributed by atoms with E-state index >= 15 is 0 Å². The van der Waals surface area contributed by atoms with Gasteiger partial charge in [0.15, 0.2) is 34.5 Å². The maximum absolute atomic E-state index is 13.0. The van der Waals surface area contributed by atoms with Crippen molar-refractivity contribution in [2.45, 2.75) is 163 Å². The number of likely N-dealkylation sites (tertiary alicyclic amines) is 1. The van der Waals surface area contributed by atoms with Gasteiger partial charge >= 0.3 is 12.1 Å². The normalized spacial score (nSPS) is 24.8. The lowest BCUT2D eigenvalue weighted by Gasteiger charge is -2.47. The number of hydrogen-bond donors (Lipinski definition) is 2. The predicted molar refractivity (Wildman–Crippen MR) is 390 cm³/mol. The molecule has 8 aliphatic heterocycles. The summed E-state index contributed by atoms with van der Waals surface area (Å²) in [6.45, 7) is 26.9. The van der Waals surface area contributed by atoms with Crippen LogP contribution in [0.5, 0.6) is 34.5 Å². The highest BCUT2D eigenvalue weighted by Crippen LogP contribution is 2.49. The van der Waals surface area contributed by atoms with Crippen molar-refractivity contribution in [3.05, 3.63) is 106 Å². The van der Waals surface area contributed by atoms with Crippen LogP contribution >= 0.6 is 0 Å². The van der Waals surface area contributed by atoms with Gasteiger partial charge in [-0.3, -0.25) is 19.5 Å². The number of aliphatic hydroxyl groups excluding tert-OH is 1. The van der Waals surface area contributed by atoms with Crippen LogP contribution in [0, 0.1) is 65.1 Å². The summed E-state index contributed by atoms with van der Waals surface area (Å²) in [6, 6.07) is 23.9. The van der Waals surface area contributed by atoms with E-state index in [1.54, 1.807) is 47.6 Å². The van der Waals surface area contributed by atoms with E-state index in [0.717, 1.165) is 155 Å². The van der Waals surface area contributed by atoms with E-state index in [2.05, 4.69) is 98.0 Å². The molecule has 0 aromatic heterocycles. The van der Waals surface area contributed by atoms with Gasteiger partial charge in [-0.2, -0.15) is 0 Å². The largest absolute Gasteiger partial charge is 0.493 e. The molecule has 5 saturated heterocycles. The number of amides is 1. The lowest BCUT2D eigenvalue weighted by molar-refractivity contribution is -0.148. The quantitative estimate of drug-likeness (QED) is 0.0503. The summed E-state index contributed by atoms with van der Waals surface area (Å²) < 4.78 is 51.3. The number of nitrogens with zero attached hydrogens (tertiary/aromatic N) is 4. The van der Waals surface area contributed by atoms with Crippen LogP contribution in [-0.2, 0) is 44.9 Å². The second-order valence-corrected chi connectivity index (χ2v) is 31.3. The minimum Gasteiger partial charge on any atom is -0.493 e. The predicted octanol–water partition coefficient (Wildman–Crippen LogP) is 14.2. The molecule has 9 atom stereocenters. The number of carbonyl (C=O) groups excluding carboxylic acids is 2. The van der Waals surface area contributed by atoms with Gasteiger partial charge in [-0.15, -0.1) is 0 Å². The molecular formula is C82H123N5O12. The van der Waals surface area contributed by atoms with E-state index in [1.807, 2.05) is 30.3 Å². The monoisotopic (exact) mass is 1370 g/mol. The zero-order valence-electron chi connectivity index (χ0n) is 62.4. The van der Waals surface area contributed by atoms with E-state index < -0.39 is 0 Å². The summed E-state index contributed by atoms with van der Waals surface area (Å²) in [7, 11) is 10.2. The third-order valence-electron chi connectivity index (χ3n) is 23.3. The van der Waals surface area contributed by atoms with Crippen LogP contribution in [0.1, 0.15) is 176 Å². The number of fused-ring (bicyclic) bond motifs is 9. The SMILES string of the molecule is COc1cc2c(cc1OC)[C@H]1C[C@@H](CO)[C@H](CC(C)C)CN1CC2.COc1cc2c(cc1OC)[C@H]1C[C@@H](COC(=O)CC3CCN(C(=O)OCc4ccccc4)CC3)[C@H](CC(C)C)CN1CC2.COc1cc2c(cc1OC)[C@H]1C[C@@H](COCCC3CCNCC3)[C@H](CC(C)C)CN1CC2. The average molecular weight is 1370 g/mol. The van der Waals surface area contributed by atoms with Crippen molar-refractivity contribution >= 4 is 12.1 Å². The second-order valence-electron chi connectivity index (χ2n) is 31.3. The number of benzene rings is 4. The third kappa shape index (κ3) is 19.9. The molecule has 4 aromatic carbocycles.